The van der Waals surface area contributed by atoms with Gasteiger partial charge in [0, 0.05) is 17.6 Å². The summed E-state index contributed by atoms with van der Waals surface area (Å²) in [4.78, 5) is 14.5. The number of ether oxygens (including phenoxy) is 1. The molecule has 4 heteroatoms. The van der Waals surface area contributed by atoms with Crippen molar-refractivity contribution in [2.45, 2.75) is 40.0 Å². The van der Waals surface area contributed by atoms with E-state index in [1.165, 1.54) is 11.1 Å². The van der Waals surface area contributed by atoms with Gasteiger partial charge in [0.05, 0.1) is 0 Å². The molecule has 1 aliphatic rings. The second kappa shape index (κ2) is 8.92. The summed E-state index contributed by atoms with van der Waals surface area (Å²) in [6.07, 6.45) is 3.24. The minimum atomic E-state index is 0.0887. The average Bonchev–Trinajstić information content (AvgIpc) is 2.69. The summed E-state index contributed by atoms with van der Waals surface area (Å²) >= 11 is 3.61. The number of carbonyl (C=O) groups excluding carboxylic acids is 1. The van der Waals surface area contributed by atoms with Gasteiger partial charge in [-0.15, -0.1) is 0 Å². The highest BCUT2D eigenvalue weighted by Crippen LogP contribution is 2.31. The van der Waals surface area contributed by atoms with Gasteiger partial charge in [0.2, 0.25) is 0 Å². The first-order chi connectivity index (χ1) is 13.0. The van der Waals surface area contributed by atoms with Crippen LogP contribution in [0.3, 0.4) is 0 Å². The first-order valence-electron chi connectivity index (χ1n) is 9.66. The topological polar surface area (TPSA) is 29.5 Å². The highest BCUT2D eigenvalue weighted by molar-refractivity contribution is 9.10. The Morgan fingerprint density at radius 1 is 1.11 bits per heavy atom. The molecule has 1 aliphatic heterocycles. The summed E-state index contributed by atoms with van der Waals surface area (Å²) < 4.78 is 6.99. The van der Waals surface area contributed by atoms with Crippen molar-refractivity contribution >= 4 is 21.8 Å². The third kappa shape index (κ3) is 4.92. The minimum Gasteiger partial charge on any atom is -0.483 e. The van der Waals surface area contributed by atoms with Crippen LogP contribution in [0.5, 0.6) is 5.75 Å². The van der Waals surface area contributed by atoms with Crippen molar-refractivity contribution in [3.8, 4) is 5.75 Å². The number of rotatable bonds is 5. The van der Waals surface area contributed by atoms with Gasteiger partial charge in [0.1, 0.15) is 5.75 Å². The van der Waals surface area contributed by atoms with E-state index in [9.17, 15) is 4.79 Å². The number of aryl methyl sites for hydroxylation is 1. The highest BCUT2D eigenvalue weighted by atomic mass is 79.9. The Kier molecular flexibility index (Phi) is 6.59. The second-order valence-corrected chi connectivity index (χ2v) is 8.35. The van der Waals surface area contributed by atoms with Gasteiger partial charge >= 0.3 is 0 Å². The van der Waals surface area contributed by atoms with Crippen LogP contribution in [0.25, 0.3) is 0 Å². The molecule has 144 valence electrons. The van der Waals surface area contributed by atoms with E-state index in [-0.39, 0.29) is 12.5 Å². The first-order valence-corrected chi connectivity index (χ1v) is 10.5. The predicted octanol–water partition coefficient (Wildman–Crippen LogP) is 5.23. The molecule has 1 amide bonds. The molecule has 0 unspecified atom stereocenters. The maximum atomic E-state index is 12.6. The van der Waals surface area contributed by atoms with Crippen molar-refractivity contribution in [2.24, 2.45) is 5.92 Å². The number of benzene rings is 2. The fourth-order valence-corrected chi connectivity index (χ4v) is 4.14. The molecule has 0 aromatic heterocycles. The zero-order valence-electron chi connectivity index (χ0n) is 16.4. The third-order valence-electron chi connectivity index (χ3n) is 5.64. The van der Waals surface area contributed by atoms with Crippen LogP contribution in [0.1, 0.15) is 35.1 Å². The van der Waals surface area contributed by atoms with Crippen LogP contribution in [0.2, 0.25) is 0 Å². The molecule has 0 saturated carbocycles. The van der Waals surface area contributed by atoms with Crippen LogP contribution in [-0.4, -0.2) is 30.5 Å². The van der Waals surface area contributed by atoms with Gasteiger partial charge in [-0.05, 0) is 74.3 Å². The van der Waals surface area contributed by atoms with Crippen LogP contribution in [0.15, 0.2) is 40.9 Å². The number of hydrogen-bond acceptors (Lipinski definition) is 2. The van der Waals surface area contributed by atoms with E-state index in [1.54, 1.807) is 0 Å². The molecule has 0 spiro atoms. The van der Waals surface area contributed by atoms with Gasteiger partial charge in [0.15, 0.2) is 6.61 Å². The largest absolute Gasteiger partial charge is 0.483 e. The molecule has 3 rings (SSSR count). The van der Waals surface area contributed by atoms with Gasteiger partial charge in [0.25, 0.3) is 5.91 Å². The lowest BCUT2D eigenvalue weighted by Crippen LogP contribution is -2.41. The van der Waals surface area contributed by atoms with Crippen molar-refractivity contribution in [3.63, 3.8) is 0 Å². The third-order valence-corrected chi connectivity index (χ3v) is 6.86. The summed E-state index contributed by atoms with van der Waals surface area (Å²) in [5, 5.41) is 0. The van der Waals surface area contributed by atoms with Gasteiger partial charge in [-0.2, -0.15) is 0 Å². The van der Waals surface area contributed by atoms with Crippen molar-refractivity contribution in [1.29, 1.82) is 0 Å². The van der Waals surface area contributed by atoms with E-state index in [2.05, 4.69) is 53.2 Å². The van der Waals surface area contributed by atoms with Crippen molar-refractivity contribution in [1.82, 2.24) is 4.90 Å². The quantitative estimate of drug-likeness (QED) is 0.650. The average molecular weight is 430 g/mol. The number of piperidine rings is 1. The Morgan fingerprint density at radius 3 is 2.44 bits per heavy atom. The molecule has 0 bridgehead atoms. The molecule has 1 heterocycles. The van der Waals surface area contributed by atoms with E-state index in [4.69, 9.17) is 4.74 Å². The van der Waals surface area contributed by atoms with Crippen LogP contribution < -0.4 is 4.74 Å². The number of nitrogens with zero attached hydrogens (tertiary/aromatic N) is 1. The second-order valence-electron chi connectivity index (χ2n) is 7.56. The SMILES string of the molecule is Cc1cc(OCC(=O)N2CCC(Cc3ccccc3)CC2)c(C)c(C)c1Br. The molecular formula is C23H28BrNO2. The zero-order valence-corrected chi connectivity index (χ0v) is 18.0. The maximum absolute atomic E-state index is 12.6. The summed E-state index contributed by atoms with van der Waals surface area (Å²) in [6.45, 7) is 7.93. The summed E-state index contributed by atoms with van der Waals surface area (Å²) in [5.41, 5.74) is 4.77. The van der Waals surface area contributed by atoms with Crippen molar-refractivity contribution in [2.75, 3.05) is 19.7 Å². The van der Waals surface area contributed by atoms with Crippen LogP contribution in [-0.2, 0) is 11.2 Å². The molecule has 0 radical (unpaired) electrons. The number of hydrogen-bond donors (Lipinski definition) is 0. The summed E-state index contributed by atoms with van der Waals surface area (Å²) in [7, 11) is 0. The van der Waals surface area contributed by atoms with Gasteiger partial charge in [-0.1, -0.05) is 46.3 Å². The van der Waals surface area contributed by atoms with Crippen LogP contribution >= 0.6 is 15.9 Å². The molecule has 1 saturated heterocycles. The molecule has 2 aromatic rings. The number of likely N-dealkylation sites (tertiary alicyclic amines) is 1. The van der Waals surface area contributed by atoms with Crippen molar-refractivity contribution in [3.05, 3.63) is 63.1 Å². The number of carbonyl (C=O) groups is 1. The van der Waals surface area contributed by atoms with Crippen LogP contribution in [0, 0.1) is 26.7 Å². The zero-order chi connectivity index (χ0) is 19.4. The predicted molar refractivity (Wildman–Crippen MR) is 113 cm³/mol. The molecule has 1 fully saturated rings. The normalized spacial score (nSPS) is 15.0. The van der Waals surface area contributed by atoms with E-state index < -0.39 is 0 Å². The Morgan fingerprint density at radius 2 is 1.78 bits per heavy atom. The maximum Gasteiger partial charge on any atom is 0.260 e. The Balaban J connectivity index is 1.50. The van der Waals surface area contributed by atoms with E-state index in [0.717, 1.165) is 53.7 Å². The highest BCUT2D eigenvalue weighted by Gasteiger charge is 2.23. The molecule has 0 aliphatic carbocycles. The molecular weight excluding hydrogens is 402 g/mol. The van der Waals surface area contributed by atoms with Gasteiger partial charge in [-0.25, -0.2) is 0 Å². The Labute approximate surface area is 170 Å². The molecule has 0 atom stereocenters. The molecule has 3 nitrogen and oxygen atoms in total. The fourth-order valence-electron chi connectivity index (χ4n) is 3.73. The van der Waals surface area contributed by atoms with Gasteiger partial charge in [-0.3, -0.25) is 4.79 Å². The molecule has 2 aromatic carbocycles. The Hall–Kier alpha value is -1.81. The smallest absolute Gasteiger partial charge is 0.260 e. The van der Waals surface area contributed by atoms with E-state index in [1.807, 2.05) is 24.8 Å². The number of amides is 1. The number of halogens is 1. The lowest BCUT2D eigenvalue weighted by Gasteiger charge is -2.32. The fraction of sp³-hybridized carbons (Fsp3) is 0.435. The molecule has 27 heavy (non-hydrogen) atoms. The van der Waals surface area contributed by atoms with Crippen molar-refractivity contribution < 1.29 is 9.53 Å². The summed E-state index contributed by atoms with van der Waals surface area (Å²) in [6, 6.07) is 12.6. The summed E-state index contributed by atoms with van der Waals surface area (Å²) in [5.74, 6) is 1.56. The van der Waals surface area contributed by atoms with E-state index in [0.29, 0.717) is 5.92 Å². The van der Waals surface area contributed by atoms with Crippen LogP contribution in [0.4, 0.5) is 0 Å². The lowest BCUT2D eigenvalue weighted by atomic mass is 9.90. The first kappa shape index (κ1) is 19.9. The Bertz CT molecular complexity index is 796. The lowest BCUT2D eigenvalue weighted by molar-refractivity contribution is -0.134. The van der Waals surface area contributed by atoms with Gasteiger partial charge < -0.3 is 9.64 Å². The standard InChI is InChI=1S/C23H28BrNO2/c1-16-13-21(17(2)18(3)23(16)24)27-15-22(26)25-11-9-20(10-12-25)14-19-7-5-4-6-8-19/h4-8,13,20H,9-12,14-15H2,1-3H3. The molecule has 0 N–H and O–H groups in total. The van der Waals surface area contributed by atoms with E-state index >= 15 is 0 Å². The minimum absolute atomic E-state index is 0.0887. The monoisotopic (exact) mass is 429 g/mol.